The molecule has 6 nitrogen and oxygen atoms in total. The topological polar surface area (TPSA) is 75.7 Å². The van der Waals surface area contributed by atoms with Crippen molar-refractivity contribution in [1.82, 2.24) is 5.32 Å². The third kappa shape index (κ3) is 5.49. The van der Waals surface area contributed by atoms with Gasteiger partial charge in [-0.2, -0.15) is 0 Å². The molecular formula is C19H24N2O4S. The highest BCUT2D eigenvalue weighted by atomic mass is 32.2. The molecule has 0 aliphatic heterocycles. The molecule has 2 aromatic rings. The summed E-state index contributed by atoms with van der Waals surface area (Å²) in [6.07, 6.45) is 1.20. The fourth-order valence-electron chi connectivity index (χ4n) is 2.53. The van der Waals surface area contributed by atoms with Crippen molar-refractivity contribution in [3.63, 3.8) is 0 Å². The summed E-state index contributed by atoms with van der Waals surface area (Å²) in [5, 5.41) is 2.84. The van der Waals surface area contributed by atoms with Crippen molar-refractivity contribution in [3.05, 3.63) is 59.7 Å². The van der Waals surface area contributed by atoms with Gasteiger partial charge in [-0.05, 0) is 42.3 Å². The number of carbonyl (C=O) groups excluding carboxylic acids is 1. The number of methoxy groups -OCH3 is 1. The number of benzene rings is 2. The first-order chi connectivity index (χ1) is 12.3. The molecule has 1 amide bonds. The second-order valence-corrected chi connectivity index (χ2v) is 7.89. The first-order valence-corrected chi connectivity index (χ1v) is 10.1. The molecule has 0 heterocycles. The number of nitrogens with one attached hydrogen (secondary N) is 1. The Kier molecular flexibility index (Phi) is 6.63. The van der Waals surface area contributed by atoms with Crippen LogP contribution in [0.5, 0.6) is 5.75 Å². The van der Waals surface area contributed by atoms with Crippen LogP contribution in [0.15, 0.2) is 48.5 Å². The normalized spacial score (nSPS) is 11.0. The minimum absolute atomic E-state index is 0.0742. The highest BCUT2D eigenvalue weighted by molar-refractivity contribution is 7.92. The van der Waals surface area contributed by atoms with Gasteiger partial charge in [0.2, 0.25) is 15.9 Å². The molecule has 140 valence electrons. The maximum absolute atomic E-state index is 12.1. The second-order valence-electron chi connectivity index (χ2n) is 5.99. The third-order valence-electron chi connectivity index (χ3n) is 4.04. The highest BCUT2D eigenvalue weighted by Gasteiger charge is 2.18. The van der Waals surface area contributed by atoms with E-state index in [1.54, 1.807) is 31.4 Å². The van der Waals surface area contributed by atoms with Crippen molar-refractivity contribution >= 4 is 21.6 Å². The van der Waals surface area contributed by atoms with E-state index in [-0.39, 0.29) is 18.9 Å². The van der Waals surface area contributed by atoms with Crippen LogP contribution in [0.1, 0.15) is 17.5 Å². The Morgan fingerprint density at radius 1 is 1.12 bits per heavy atom. The summed E-state index contributed by atoms with van der Waals surface area (Å²) in [5.74, 6) is 0.439. The lowest BCUT2D eigenvalue weighted by Crippen LogP contribution is -2.34. The van der Waals surface area contributed by atoms with E-state index >= 15 is 0 Å². The van der Waals surface area contributed by atoms with E-state index in [9.17, 15) is 13.2 Å². The summed E-state index contributed by atoms with van der Waals surface area (Å²) in [5.41, 5.74) is 2.64. The van der Waals surface area contributed by atoms with Gasteiger partial charge in [0, 0.05) is 19.5 Å². The zero-order valence-corrected chi connectivity index (χ0v) is 16.0. The Hall–Kier alpha value is -2.54. The first kappa shape index (κ1) is 19.8. The molecule has 2 aromatic carbocycles. The zero-order chi connectivity index (χ0) is 19.2. The van der Waals surface area contributed by atoms with Crippen molar-refractivity contribution in [2.75, 3.05) is 24.2 Å². The van der Waals surface area contributed by atoms with Crippen molar-refractivity contribution in [2.45, 2.75) is 19.9 Å². The molecule has 0 aliphatic carbocycles. The Balaban J connectivity index is 1.98. The number of anilines is 1. The average Bonchev–Trinajstić information content (AvgIpc) is 2.60. The standard InChI is InChI=1S/C19H24N2O4S/c1-15-6-4-5-7-16(15)14-20-19(22)12-13-21(26(3,23)24)17-8-10-18(25-2)11-9-17/h4-11H,12-14H2,1-3H3,(H,20,22). The van der Waals surface area contributed by atoms with Gasteiger partial charge in [0.15, 0.2) is 0 Å². The number of hydrogen-bond donors (Lipinski definition) is 1. The Labute approximate surface area is 154 Å². The van der Waals surface area contributed by atoms with Gasteiger partial charge < -0.3 is 10.1 Å². The molecule has 7 heteroatoms. The van der Waals surface area contributed by atoms with Gasteiger partial charge in [-0.3, -0.25) is 9.10 Å². The van der Waals surface area contributed by atoms with E-state index in [0.29, 0.717) is 18.0 Å². The number of rotatable bonds is 8. The van der Waals surface area contributed by atoms with Crippen LogP contribution in [0.4, 0.5) is 5.69 Å². The molecule has 0 unspecified atom stereocenters. The molecule has 0 spiro atoms. The molecule has 0 bridgehead atoms. The lowest BCUT2D eigenvalue weighted by atomic mass is 10.1. The van der Waals surface area contributed by atoms with E-state index in [1.165, 1.54) is 4.31 Å². The number of hydrogen-bond acceptors (Lipinski definition) is 4. The number of ether oxygens (including phenoxy) is 1. The van der Waals surface area contributed by atoms with Gasteiger partial charge in [0.25, 0.3) is 0 Å². The van der Waals surface area contributed by atoms with Crippen LogP contribution in [0.2, 0.25) is 0 Å². The SMILES string of the molecule is COc1ccc(N(CCC(=O)NCc2ccccc2C)S(C)(=O)=O)cc1. The monoisotopic (exact) mass is 376 g/mol. The van der Waals surface area contributed by atoms with Crippen LogP contribution in [0.3, 0.4) is 0 Å². The average molecular weight is 376 g/mol. The van der Waals surface area contributed by atoms with Gasteiger partial charge >= 0.3 is 0 Å². The van der Waals surface area contributed by atoms with Gasteiger partial charge in [0.05, 0.1) is 19.1 Å². The van der Waals surface area contributed by atoms with Gasteiger partial charge in [-0.15, -0.1) is 0 Å². The van der Waals surface area contributed by atoms with Gasteiger partial charge in [-0.1, -0.05) is 24.3 Å². The number of sulfonamides is 1. The van der Waals surface area contributed by atoms with Gasteiger partial charge in [0.1, 0.15) is 5.75 Å². The molecular weight excluding hydrogens is 352 g/mol. The summed E-state index contributed by atoms with van der Waals surface area (Å²) in [4.78, 5) is 12.1. The van der Waals surface area contributed by atoms with E-state index in [0.717, 1.165) is 17.4 Å². The Morgan fingerprint density at radius 3 is 2.35 bits per heavy atom. The van der Waals surface area contributed by atoms with Crippen molar-refractivity contribution in [1.29, 1.82) is 0 Å². The minimum atomic E-state index is -3.49. The van der Waals surface area contributed by atoms with Crippen molar-refractivity contribution < 1.29 is 17.9 Å². The number of aryl methyl sites for hydroxylation is 1. The van der Waals surface area contributed by atoms with Crippen LogP contribution in [-0.2, 0) is 21.4 Å². The molecule has 0 saturated carbocycles. The largest absolute Gasteiger partial charge is 0.497 e. The maximum atomic E-state index is 12.1. The summed E-state index contributed by atoms with van der Waals surface area (Å²) in [7, 11) is -1.95. The van der Waals surface area contributed by atoms with Crippen LogP contribution in [-0.4, -0.2) is 34.2 Å². The molecule has 0 aromatic heterocycles. The molecule has 0 saturated heterocycles. The Bertz CT molecular complexity index is 848. The quantitative estimate of drug-likeness (QED) is 0.768. The van der Waals surface area contributed by atoms with Crippen molar-refractivity contribution in [3.8, 4) is 5.75 Å². The number of nitrogens with zero attached hydrogens (tertiary/aromatic N) is 1. The fraction of sp³-hybridized carbons (Fsp3) is 0.316. The fourth-order valence-corrected chi connectivity index (χ4v) is 3.46. The summed E-state index contributed by atoms with van der Waals surface area (Å²) in [6.45, 7) is 2.48. The molecule has 0 atom stereocenters. The predicted molar refractivity (Wildman–Crippen MR) is 103 cm³/mol. The van der Waals surface area contributed by atoms with Gasteiger partial charge in [-0.25, -0.2) is 8.42 Å². The lowest BCUT2D eigenvalue weighted by Gasteiger charge is -2.22. The molecule has 0 radical (unpaired) electrons. The molecule has 0 fully saturated rings. The third-order valence-corrected chi connectivity index (χ3v) is 5.23. The molecule has 0 aliphatic rings. The summed E-state index contributed by atoms with van der Waals surface area (Å²) < 4.78 is 30.5. The molecule has 2 rings (SSSR count). The zero-order valence-electron chi connectivity index (χ0n) is 15.2. The van der Waals surface area contributed by atoms with E-state index < -0.39 is 10.0 Å². The predicted octanol–water partition coefficient (Wildman–Crippen LogP) is 2.48. The van der Waals surface area contributed by atoms with E-state index in [1.807, 2.05) is 31.2 Å². The molecule has 26 heavy (non-hydrogen) atoms. The maximum Gasteiger partial charge on any atom is 0.232 e. The van der Waals surface area contributed by atoms with Crippen LogP contribution >= 0.6 is 0 Å². The second kappa shape index (κ2) is 8.71. The Morgan fingerprint density at radius 2 is 1.77 bits per heavy atom. The van der Waals surface area contributed by atoms with Crippen molar-refractivity contribution in [2.24, 2.45) is 0 Å². The summed E-state index contributed by atoms with van der Waals surface area (Å²) in [6, 6.07) is 14.5. The molecule has 1 N–H and O–H groups in total. The minimum Gasteiger partial charge on any atom is -0.497 e. The lowest BCUT2D eigenvalue weighted by molar-refractivity contribution is -0.121. The van der Waals surface area contributed by atoms with Crippen LogP contribution < -0.4 is 14.4 Å². The van der Waals surface area contributed by atoms with Crippen LogP contribution in [0, 0.1) is 6.92 Å². The summed E-state index contributed by atoms with van der Waals surface area (Å²) >= 11 is 0. The number of carbonyl (C=O) groups is 1. The van der Waals surface area contributed by atoms with Crippen LogP contribution in [0.25, 0.3) is 0 Å². The highest BCUT2D eigenvalue weighted by Crippen LogP contribution is 2.21. The van der Waals surface area contributed by atoms with E-state index in [2.05, 4.69) is 5.32 Å². The number of amides is 1. The smallest absolute Gasteiger partial charge is 0.232 e. The first-order valence-electron chi connectivity index (χ1n) is 8.24. The van der Waals surface area contributed by atoms with E-state index in [4.69, 9.17) is 4.74 Å².